The summed E-state index contributed by atoms with van der Waals surface area (Å²) in [5.74, 6) is -0.120. The van der Waals surface area contributed by atoms with Gasteiger partial charge in [0.2, 0.25) is 0 Å². The lowest BCUT2D eigenvalue weighted by Crippen LogP contribution is -2.47. The standard InChI is InChI=1S/C27H29NO4/c1-27(2,3)32-25(29)24-15-17-9-8-14-23(17)28(24)26(30)31-16-22-20-12-6-4-10-18(20)19-11-5-7-13-21(19)22/h4-8,10-14,17,22-24H,9,15-16H2,1-3H3. The molecular formula is C27H29NO4. The number of carbonyl (C=O) groups is 2. The second-order valence-electron chi connectivity index (χ2n) is 9.91. The van der Waals surface area contributed by atoms with Crippen molar-refractivity contribution in [2.24, 2.45) is 5.92 Å². The van der Waals surface area contributed by atoms with Crippen molar-refractivity contribution in [3.05, 3.63) is 71.8 Å². The van der Waals surface area contributed by atoms with Gasteiger partial charge in [-0.3, -0.25) is 4.90 Å². The molecular weight excluding hydrogens is 402 g/mol. The van der Waals surface area contributed by atoms with Crippen LogP contribution in [-0.2, 0) is 14.3 Å². The highest BCUT2D eigenvalue weighted by Crippen LogP contribution is 2.45. The van der Waals surface area contributed by atoms with Crippen LogP contribution in [0, 0.1) is 5.92 Å². The normalized spacial score (nSPS) is 23.6. The van der Waals surface area contributed by atoms with Crippen LogP contribution < -0.4 is 0 Å². The zero-order valence-corrected chi connectivity index (χ0v) is 18.8. The molecule has 0 aromatic heterocycles. The molecule has 1 heterocycles. The fourth-order valence-corrected chi connectivity index (χ4v) is 5.35. The van der Waals surface area contributed by atoms with E-state index in [2.05, 4.69) is 30.3 Å². The fraction of sp³-hybridized carbons (Fsp3) is 0.407. The van der Waals surface area contributed by atoms with Gasteiger partial charge in [0.05, 0.1) is 6.04 Å². The van der Waals surface area contributed by atoms with Crippen molar-refractivity contribution >= 4 is 12.1 Å². The monoisotopic (exact) mass is 431 g/mol. The van der Waals surface area contributed by atoms with E-state index >= 15 is 0 Å². The van der Waals surface area contributed by atoms with Gasteiger partial charge in [-0.05, 0) is 61.8 Å². The number of allylic oxidation sites excluding steroid dienone is 1. The molecule has 1 amide bonds. The highest BCUT2D eigenvalue weighted by atomic mass is 16.6. The Morgan fingerprint density at radius 2 is 1.62 bits per heavy atom. The van der Waals surface area contributed by atoms with E-state index in [9.17, 15) is 9.59 Å². The molecule has 3 unspecified atom stereocenters. The molecule has 2 aromatic carbocycles. The SMILES string of the molecule is CC(C)(C)OC(=O)C1CC2CC=CC2N1C(=O)OCC1c2ccccc2-c2ccccc21. The number of amides is 1. The van der Waals surface area contributed by atoms with E-state index in [1.807, 2.05) is 51.1 Å². The zero-order valence-electron chi connectivity index (χ0n) is 18.8. The topological polar surface area (TPSA) is 55.8 Å². The Morgan fingerprint density at radius 3 is 2.25 bits per heavy atom. The van der Waals surface area contributed by atoms with Gasteiger partial charge >= 0.3 is 12.1 Å². The second-order valence-corrected chi connectivity index (χ2v) is 9.91. The molecule has 0 bridgehead atoms. The average molecular weight is 432 g/mol. The third-order valence-electron chi connectivity index (χ3n) is 6.66. The maximum atomic E-state index is 13.3. The first-order valence-corrected chi connectivity index (χ1v) is 11.4. The maximum absolute atomic E-state index is 13.3. The Bertz CT molecular complexity index is 1040. The lowest BCUT2D eigenvalue weighted by atomic mass is 9.98. The number of esters is 1. The van der Waals surface area contributed by atoms with Crippen molar-refractivity contribution in [3.63, 3.8) is 0 Å². The smallest absolute Gasteiger partial charge is 0.411 e. The Labute approximate surface area is 189 Å². The van der Waals surface area contributed by atoms with E-state index in [1.165, 1.54) is 22.3 Å². The van der Waals surface area contributed by atoms with E-state index in [0.717, 1.165) is 6.42 Å². The summed E-state index contributed by atoms with van der Waals surface area (Å²) in [5, 5.41) is 0. The molecule has 166 valence electrons. The fourth-order valence-electron chi connectivity index (χ4n) is 5.35. The number of ether oxygens (including phenoxy) is 2. The number of likely N-dealkylation sites (tertiary alicyclic amines) is 1. The Hall–Kier alpha value is -3.08. The van der Waals surface area contributed by atoms with Crippen molar-refractivity contribution < 1.29 is 19.1 Å². The number of benzene rings is 2. The maximum Gasteiger partial charge on any atom is 0.411 e. The van der Waals surface area contributed by atoms with Crippen LogP contribution in [-0.4, -0.2) is 41.3 Å². The van der Waals surface area contributed by atoms with Gasteiger partial charge in [-0.15, -0.1) is 0 Å². The summed E-state index contributed by atoms with van der Waals surface area (Å²) in [6.45, 7) is 5.78. The highest BCUT2D eigenvalue weighted by Gasteiger charge is 2.49. The van der Waals surface area contributed by atoms with Gasteiger partial charge in [-0.2, -0.15) is 0 Å². The van der Waals surface area contributed by atoms with Crippen LogP contribution in [0.4, 0.5) is 4.79 Å². The third kappa shape index (κ3) is 3.60. The minimum absolute atomic E-state index is 0.0103. The van der Waals surface area contributed by atoms with E-state index in [4.69, 9.17) is 9.47 Å². The second kappa shape index (κ2) is 7.80. The summed E-state index contributed by atoms with van der Waals surface area (Å²) in [4.78, 5) is 27.8. The van der Waals surface area contributed by atoms with Crippen molar-refractivity contribution in [3.8, 4) is 11.1 Å². The molecule has 1 fully saturated rings. The van der Waals surface area contributed by atoms with Gasteiger partial charge in [0, 0.05) is 5.92 Å². The van der Waals surface area contributed by atoms with Gasteiger partial charge in [0.15, 0.2) is 0 Å². The quantitative estimate of drug-likeness (QED) is 0.489. The van der Waals surface area contributed by atoms with Crippen LogP contribution in [0.25, 0.3) is 11.1 Å². The number of fused-ring (bicyclic) bond motifs is 4. The molecule has 5 heteroatoms. The van der Waals surface area contributed by atoms with Gasteiger partial charge < -0.3 is 9.47 Å². The minimum Gasteiger partial charge on any atom is -0.458 e. The van der Waals surface area contributed by atoms with Crippen molar-refractivity contribution in [1.29, 1.82) is 0 Å². The Morgan fingerprint density at radius 1 is 1.00 bits per heavy atom. The molecule has 0 saturated carbocycles. The van der Waals surface area contributed by atoms with Gasteiger partial charge in [0.1, 0.15) is 18.2 Å². The van der Waals surface area contributed by atoms with Crippen molar-refractivity contribution in [1.82, 2.24) is 4.90 Å². The predicted molar refractivity (Wildman–Crippen MR) is 122 cm³/mol. The molecule has 3 aliphatic rings. The van der Waals surface area contributed by atoms with Crippen molar-refractivity contribution in [2.75, 3.05) is 6.61 Å². The van der Waals surface area contributed by atoms with Crippen molar-refractivity contribution in [2.45, 2.75) is 57.2 Å². The van der Waals surface area contributed by atoms with Crippen LogP contribution in [0.15, 0.2) is 60.7 Å². The summed E-state index contributed by atoms with van der Waals surface area (Å²) < 4.78 is 11.5. The lowest BCUT2D eigenvalue weighted by molar-refractivity contribution is -0.160. The third-order valence-corrected chi connectivity index (χ3v) is 6.66. The average Bonchev–Trinajstić information content (AvgIpc) is 3.42. The van der Waals surface area contributed by atoms with Crippen LogP contribution in [0.1, 0.15) is 50.7 Å². The predicted octanol–water partition coefficient (Wildman–Crippen LogP) is 5.30. The molecule has 5 rings (SSSR count). The number of hydrogen-bond acceptors (Lipinski definition) is 4. The Kier molecular flexibility index (Phi) is 5.07. The molecule has 0 spiro atoms. The van der Waals surface area contributed by atoms with Gasteiger partial charge in [-0.1, -0.05) is 60.7 Å². The molecule has 0 N–H and O–H groups in total. The summed E-state index contributed by atoms with van der Waals surface area (Å²) in [7, 11) is 0. The lowest BCUT2D eigenvalue weighted by Gasteiger charge is -2.30. The summed E-state index contributed by atoms with van der Waals surface area (Å²) in [6, 6.07) is 15.8. The van der Waals surface area contributed by atoms with E-state index in [-0.39, 0.29) is 30.5 Å². The van der Waals surface area contributed by atoms with Crippen LogP contribution in [0.3, 0.4) is 0 Å². The first-order valence-electron chi connectivity index (χ1n) is 11.4. The first kappa shape index (κ1) is 20.8. The van der Waals surface area contributed by atoms with E-state index in [1.54, 1.807) is 4.90 Å². The molecule has 2 aromatic rings. The number of nitrogens with zero attached hydrogens (tertiary/aromatic N) is 1. The molecule has 1 saturated heterocycles. The molecule has 3 atom stereocenters. The van der Waals surface area contributed by atoms with E-state index in [0.29, 0.717) is 6.42 Å². The van der Waals surface area contributed by atoms with E-state index < -0.39 is 17.7 Å². The Balaban J connectivity index is 1.36. The largest absolute Gasteiger partial charge is 0.458 e. The van der Waals surface area contributed by atoms with Gasteiger partial charge in [-0.25, -0.2) is 9.59 Å². The number of rotatable bonds is 3. The minimum atomic E-state index is -0.607. The van der Waals surface area contributed by atoms with Crippen LogP contribution in [0.2, 0.25) is 0 Å². The molecule has 5 nitrogen and oxygen atoms in total. The van der Waals surface area contributed by atoms with Gasteiger partial charge in [0.25, 0.3) is 0 Å². The zero-order chi connectivity index (χ0) is 22.5. The summed E-state index contributed by atoms with van der Waals surface area (Å²) >= 11 is 0. The summed E-state index contributed by atoms with van der Waals surface area (Å²) in [6.07, 6.45) is 5.15. The molecule has 1 aliphatic heterocycles. The van der Waals surface area contributed by atoms with Crippen LogP contribution >= 0.6 is 0 Å². The number of hydrogen-bond donors (Lipinski definition) is 0. The molecule has 32 heavy (non-hydrogen) atoms. The number of carbonyl (C=O) groups excluding carboxylic acids is 2. The molecule has 2 aliphatic carbocycles. The summed E-state index contributed by atoms with van der Waals surface area (Å²) in [5.41, 5.74) is 4.12. The molecule has 0 radical (unpaired) electrons. The first-order chi connectivity index (χ1) is 15.3. The highest BCUT2D eigenvalue weighted by molar-refractivity contribution is 5.83. The van der Waals surface area contributed by atoms with Crippen LogP contribution in [0.5, 0.6) is 0 Å².